The van der Waals surface area contributed by atoms with Crippen LogP contribution in [0.25, 0.3) is 0 Å². The first kappa shape index (κ1) is 10.6. The maximum absolute atomic E-state index is 11.7. The number of nitrogens with zero attached hydrogens (tertiary/aromatic N) is 1. The normalized spacial score (nSPS) is 10.1. The lowest BCUT2D eigenvalue weighted by atomic mass is 10.2. The van der Waals surface area contributed by atoms with Crippen molar-refractivity contribution in [3.8, 4) is 0 Å². The first-order valence-corrected chi connectivity index (χ1v) is 5.45. The molecular weight excluding hydrogens is 226 g/mol. The maximum atomic E-state index is 11.7. The van der Waals surface area contributed by atoms with E-state index >= 15 is 0 Å². The predicted octanol–water partition coefficient (Wildman–Crippen LogP) is 1.39. The summed E-state index contributed by atoms with van der Waals surface area (Å²) in [5.41, 5.74) is 0.866. The molecular formula is C10H9N3O2S. The highest BCUT2D eigenvalue weighted by Gasteiger charge is 2.08. The number of thiazole rings is 1. The number of amides is 1. The molecule has 0 bridgehead atoms. The zero-order valence-corrected chi connectivity index (χ0v) is 9.30. The molecule has 2 aromatic rings. The van der Waals surface area contributed by atoms with Crippen molar-refractivity contribution in [2.24, 2.45) is 0 Å². The summed E-state index contributed by atoms with van der Waals surface area (Å²) in [6.07, 6.45) is 1.43. The summed E-state index contributed by atoms with van der Waals surface area (Å²) in [5.74, 6) is -0.333. The van der Waals surface area contributed by atoms with Crippen LogP contribution in [0.3, 0.4) is 0 Å². The fourth-order valence-electron chi connectivity index (χ4n) is 1.17. The van der Waals surface area contributed by atoms with Crippen molar-refractivity contribution in [1.29, 1.82) is 0 Å². The van der Waals surface area contributed by atoms with E-state index in [0.29, 0.717) is 10.7 Å². The molecule has 2 rings (SSSR count). The summed E-state index contributed by atoms with van der Waals surface area (Å²) < 4.78 is 0. The van der Waals surface area contributed by atoms with E-state index in [1.807, 2.05) is 12.3 Å². The summed E-state index contributed by atoms with van der Waals surface area (Å²) in [6, 6.07) is 2.78. The molecule has 0 saturated heterocycles. The maximum Gasteiger partial charge on any atom is 0.257 e. The van der Waals surface area contributed by atoms with Gasteiger partial charge in [-0.1, -0.05) is 0 Å². The van der Waals surface area contributed by atoms with Gasteiger partial charge in [0.05, 0.1) is 5.69 Å². The molecule has 6 heteroatoms. The molecule has 0 aliphatic heterocycles. The SMILES string of the molecule is Cc1csc(NC(=O)c2cc[nH]c(=O)c2)n1. The van der Waals surface area contributed by atoms with E-state index in [9.17, 15) is 9.59 Å². The fraction of sp³-hybridized carbons (Fsp3) is 0.100. The summed E-state index contributed by atoms with van der Waals surface area (Å²) in [5, 5.41) is 4.99. The minimum absolute atomic E-state index is 0.303. The Bertz CT molecular complexity index is 573. The molecule has 5 nitrogen and oxygen atoms in total. The van der Waals surface area contributed by atoms with Crippen molar-refractivity contribution < 1.29 is 4.79 Å². The van der Waals surface area contributed by atoms with Crippen molar-refractivity contribution >= 4 is 22.4 Å². The van der Waals surface area contributed by atoms with E-state index in [1.54, 1.807) is 0 Å². The number of rotatable bonds is 2. The highest BCUT2D eigenvalue weighted by atomic mass is 32.1. The number of aromatic amines is 1. The number of carbonyl (C=O) groups excluding carboxylic acids is 1. The average molecular weight is 235 g/mol. The Kier molecular flexibility index (Phi) is 2.82. The molecule has 0 fully saturated rings. The van der Waals surface area contributed by atoms with Crippen LogP contribution >= 0.6 is 11.3 Å². The molecule has 0 aliphatic carbocycles. The van der Waals surface area contributed by atoms with Gasteiger partial charge in [0.15, 0.2) is 5.13 Å². The number of hydrogen-bond donors (Lipinski definition) is 2. The van der Waals surface area contributed by atoms with Crippen LogP contribution in [0.15, 0.2) is 28.5 Å². The standard InChI is InChI=1S/C10H9N3O2S/c1-6-5-16-10(12-6)13-9(15)7-2-3-11-8(14)4-7/h2-5H,1H3,(H,11,14)(H,12,13,15). The van der Waals surface area contributed by atoms with Gasteiger partial charge < -0.3 is 4.98 Å². The predicted molar refractivity (Wildman–Crippen MR) is 61.9 cm³/mol. The van der Waals surface area contributed by atoms with E-state index in [-0.39, 0.29) is 11.5 Å². The minimum atomic E-state index is -0.333. The largest absolute Gasteiger partial charge is 0.329 e. The molecule has 0 aromatic carbocycles. The van der Waals surface area contributed by atoms with Gasteiger partial charge in [0.25, 0.3) is 5.91 Å². The molecule has 16 heavy (non-hydrogen) atoms. The number of nitrogens with one attached hydrogen (secondary N) is 2. The molecule has 0 spiro atoms. The van der Waals surface area contributed by atoms with Crippen molar-refractivity contribution in [2.75, 3.05) is 5.32 Å². The third-order valence-corrected chi connectivity index (χ3v) is 2.75. The Labute approximate surface area is 95.2 Å². The van der Waals surface area contributed by atoms with Gasteiger partial charge in [-0.05, 0) is 13.0 Å². The Hall–Kier alpha value is -1.95. The van der Waals surface area contributed by atoms with Crippen LogP contribution in [-0.2, 0) is 0 Å². The Morgan fingerprint density at radius 2 is 2.38 bits per heavy atom. The van der Waals surface area contributed by atoms with E-state index < -0.39 is 0 Å². The third-order valence-electron chi connectivity index (χ3n) is 1.88. The summed E-state index contributed by atoms with van der Waals surface area (Å²) in [4.78, 5) is 29.2. The number of aromatic nitrogens is 2. The lowest BCUT2D eigenvalue weighted by Crippen LogP contribution is -2.15. The smallest absolute Gasteiger partial charge is 0.257 e. The van der Waals surface area contributed by atoms with Gasteiger partial charge in [0.1, 0.15) is 0 Å². The molecule has 0 radical (unpaired) electrons. The van der Waals surface area contributed by atoms with Crippen LogP contribution in [0.2, 0.25) is 0 Å². The van der Waals surface area contributed by atoms with Crippen molar-refractivity contribution in [1.82, 2.24) is 9.97 Å². The van der Waals surface area contributed by atoms with E-state index in [1.165, 1.54) is 29.7 Å². The quantitative estimate of drug-likeness (QED) is 0.826. The second kappa shape index (κ2) is 4.28. The molecule has 1 amide bonds. The summed E-state index contributed by atoms with van der Waals surface area (Å²) >= 11 is 1.35. The fourth-order valence-corrected chi connectivity index (χ4v) is 1.85. The number of H-pyrrole nitrogens is 1. The zero-order valence-electron chi connectivity index (χ0n) is 8.48. The highest BCUT2D eigenvalue weighted by Crippen LogP contribution is 2.15. The molecule has 0 aliphatic rings. The van der Waals surface area contributed by atoms with Gasteiger partial charge in [0.2, 0.25) is 5.56 Å². The Balaban J connectivity index is 2.17. The molecule has 2 N–H and O–H groups in total. The number of carbonyl (C=O) groups is 1. The lowest BCUT2D eigenvalue weighted by molar-refractivity contribution is 0.102. The van der Waals surface area contributed by atoms with Crippen LogP contribution in [0.4, 0.5) is 5.13 Å². The molecule has 0 atom stereocenters. The number of hydrogen-bond acceptors (Lipinski definition) is 4. The topological polar surface area (TPSA) is 74.8 Å². The van der Waals surface area contributed by atoms with E-state index in [0.717, 1.165) is 5.69 Å². The van der Waals surface area contributed by atoms with E-state index in [4.69, 9.17) is 0 Å². The summed E-state index contributed by atoms with van der Waals surface area (Å²) in [7, 11) is 0. The van der Waals surface area contributed by atoms with Crippen molar-refractivity contribution in [3.63, 3.8) is 0 Å². The van der Waals surface area contributed by atoms with Crippen LogP contribution in [0.5, 0.6) is 0 Å². The monoisotopic (exact) mass is 235 g/mol. The van der Waals surface area contributed by atoms with Crippen LogP contribution < -0.4 is 10.9 Å². The number of pyridine rings is 1. The van der Waals surface area contributed by atoms with Crippen LogP contribution in [-0.4, -0.2) is 15.9 Å². The molecule has 82 valence electrons. The lowest BCUT2D eigenvalue weighted by Gasteiger charge is -1.99. The summed E-state index contributed by atoms with van der Waals surface area (Å²) in [6.45, 7) is 1.85. The Morgan fingerprint density at radius 1 is 1.56 bits per heavy atom. The molecule has 0 saturated carbocycles. The zero-order chi connectivity index (χ0) is 11.5. The minimum Gasteiger partial charge on any atom is -0.329 e. The van der Waals surface area contributed by atoms with Gasteiger partial charge >= 0.3 is 0 Å². The highest BCUT2D eigenvalue weighted by molar-refractivity contribution is 7.13. The van der Waals surface area contributed by atoms with Crippen molar-refractivity contribution in [3.05, 3.63) is 45.3 Å². The number of anilines is 1. The van der Waals surface area contributed by atoms with Crippen LogP contribution in [0, 0.1) is 6.92 Å². The van der Waals surface area contributed by atoms with Gasteiger partial charge in [0, 0.05) is 23.2 Å². The average Bonchev–Trinajstić information content (AvgIpc) is 2.64. The first-order chi connectivity index (χ1) is 7.65. The Morgan fingerprint density at radius 3 is 3.00 bits per heavy atom. The molecule has 0 unspecified atom stereocenters. The third kappa shape index (κ3) is 2.34. The second-order valence-electron chi connectivity index (χ2n) is 3.19. The molecule has 2 aromatic heterocycles. The molecule has 2 heterocycles. The van der Waals surface area contributed by atoms with Crippen LogP contribution in [0.1, 0.15) is 16.1 Å². The van der Waals surface area contributed by atoms with Crippen molar-refractivity contribution in [2.45, 2.75) is 6.92 Å². The first-order valence-electron chi connectivity index (χ1n) is 4.57. The number of aryl methyl sites for hydroxylation is 1. The second-order valence-corrected chi connectivity index (χ2v) is 4.05. The van der Waals surface area contributed by atoms with Gasteiger partial charge in [-0.25, -0.2) is 4.98 Å². The van der Waals surface area contributed by atoms with Gasteiger partial charge in [-0.3, -0.25) is 14.9 Å². The van der Waals surface area contributed by atoms with Gasteiger partial charge in [-0.15, -0.1) is 11.3 Å². The van der Waals surface area contributed by atoms with E-state index in [2.05, 4.69) is 15.3 Å². The van der Waals surface area contributed by atoms with Gasteiger partial charge in [-0.2, -0.15) is 0 Å².